The van der Waals surface area contributed by atoms with Crippen LogP contribution in [-0.4, -0.2) is 83.8 Å². The van der Waals surface area contributed by atoms with Crippen molar-refractivity contribution in [2.45, 2.75) is 75.0 Å². The summed E-state index contributed by atoms with van der Waals surface area (Å²) in [5.41, 5.74) is 0.760. The Kier molecular flexibility index (Phi) is 12.0. The molecule has 2 N–H and O–H groups in total. The van der Waals surface area contributed by atoms with Crippen LogP contribution in [0.5, 0.6) is 5.75 Å². The fourth-order valence-electron chi connectivity index (χ4n) is 8.47. The molecule has 3 saturated heterocycles. The molecule has 0 aliphatic carbocycles. The van der Waals surface area contributed by atoms with Crippen molar-refractivity contribution in [3.05, 3.63) is 121 Å². The largest absolute Gasteiger partial charge is 0.497 e. The molecule has 2 bridgehead atoms. The maximum absolute atomic E-state index is 15.1. The van der Waals surface area contributed by atoms with Gasteiger partial charge in [-0.2, -0.15) is 0 Å². The van der Waals surface area contributed by atoms with E-state index in [0.717, 1.165) is 5.56 Å². The Morgan fingerprint density at radius 3 is 2.35 bits per heavy atom. The smallest absolute Gasteiger partial charge is 0.313 e. The van der Waals surface area contributed by atoms with E-state index in [9.17, 15) is 19.5 Å². The molecule has 8 atom stereocenters. The van der Waals surface area contributed by atoms with Gasteiger partial charge in [0.15, 0.2) is 0 Å². The molecular weight excluding hydrogens is 686 g/mol. The summed E-state index contributed by atoms with van der Waals surface area (Å²) in [7, 11) is 1.56. The molecule has 0 aromatic heterocycles. The van der Waals surface area contributed by atoms with E-state index in [1.165, 1.54) is 4.90 Å². The standard InChI is InChI=1S/C43H49N3O8/c1-5-7-18-35(48)44-28(3)38(30-16-12-9-13-17-30)53-42(51)36-34-23-24-43(54-34)37(36)40(49)46(32(27-47)26-29-14-10-8-11-15-29)39(43)41(50)45(25-6-2)31-19-21-33(52-4)22-20-31/h5-6,8-17,19-22,28,32,34,36-39,47H,1-2,7,18,23-27H2,3-4H3,(H,44,48)/t28-,32+,34-,36+,37+,38-,39-,43+/m0/s1. The molecule has 11 heteroatoms. The van der Waals surface area contributed by atoms with Crippen molar-refractivity contribution in [1.29, 1.82) is 0 Å². The molecule has 3 amide bonds. The fourth-order valence-corrected chi connectivity index (χ4v) is 8.47. The van der Waals surface area contributed by atoms with Gasteiger partial charge in [0.25, 0.3) is 5.91 Å². The molecule has 6 rings (SSSR count). The summed E-state index contributed by atoms with van der Waals surface area (Å²) >= 11 is 0. The number of carbonyl (C=O) groups is 4. The van der Waals surface area contributed by atoms with Crippen LogP contribution in [-0.2, 0) is 35.1 Å². The molecule has 3 aliphatic rings. The number of hydrogen-bond donors (Lipinski definition) is 2. The maximum atomic E-state index is 15.1. The fraction of sp³-hybridized carbons (Fsp3) is 0.395. The molecule has 0 unspecified atom stereocenters. The number of ether oxygens (including phenoxy) is 3. The third-order valence-electron chi connectivity index (χ3n) is 10.9. The second-order valence-electron chi connectivity index (χ2n) is 14.2. The van der Waals surface area contributed by atoms with E-state index in [1.54, 1.807) is 55.4 Å². The van der Waals surface area contributed by atoms with Gasteiger partial charge in [-0.1, -0.05) is 72.8 Å². The van der Waals surface area contributed by atoms with Crippen LogP contribution in [0, 0.1) is 11.8 Å². The number of hydrogen-bond acceptors (Lipinski definition) is 8. The highest BCUT2D eigenvalue weighted by Crippen LogP contribution is 2.59. The van der Waals surface area contributed by atoms with Crippen LogP contribution >= 0.6 is 0 Å². The Morgan fingerprint density at radius 2 is 1.72 bits per heavy atom. The zero-order valence-corrected chi connectivity index (χ0v) is 30.8. The summed E-state index contributed by atoms with van der Waals surface area (Å²) < 4.78 is 18.4. The molecule has 11 nitrogen and oxygen atoms in total. The lowest BCUT2D eigenvalue weighted by molar-refractivity contribution is -0.162. The highest BCUT2D eigenvalue weighted by molar-refractivity contribution is 6.05. The van der Waals surface area contributed by atoms with Gasteiger partial charge in [0.1, 0.15) is 23.5 Å². The molecule has 54 heavy (non-hydrogen) atoms. The zero-order valence-electron chi connectivity index (χ0n) is 30.8. The minimum Gasteiger partial charge on any atom is -0.497 e. The summed E-state index contributed by atoms with van der Waals surface area (Å²) in [6.07, 6.45) is 3.53. The van der Waals surface area contributed by atoms with Gasteiger partial charge in [-0.25, -0.2) is 0 Å². The number of rotatable bonds is 17. The van der Waals surface area contributed by atoms with E-state index in [1.807, 2.05) is 60.7 Å². The molecular formula is C43H49N3O8. The highest BCUT2D eigenvalue weighted by atomic mass is 16.6. The van der Waals surface area contributed by atoms with Crippen molar-refractivity contribution in [3.63, 3.8) is 0 Å². The number of carbonyl (C=O) groups excluding carboxylic acids is 4. The van der Waals surface area contributed by atoms with Crippen LogP contribution in [0.15, 0.2) is 110 Å². The van der Waals surface area contributed by atoms with Crippen LogP contribution < -0.4 is 15.0 Å². The Labute approximate surface area is 316 Å². The second-order valence-corrected chi connectivity index (χ2v) is 14.2. The van der Waals surface area contributed by atoms with E-state index in [-0.39, 0.29) is 25.3 Å². The minimum absolute atomic E-state index is 0.136. The zero-order chi connectivity index (χ0) is 38.4. The molecule has 3 aromatic rings. The quantitative estimate of drug-likeness (QED) is 0.147. The van der Waals surface area contributed by atoms with Gasteiger partial charge in [0.2, 0.25) is 11.8 Å². The molecule has 0 saturated carbocycles. The van der Waals surface area contributed by atoms with Gasteiger partial charge >= 0.3 is 5.97 Å². The number of likely N-dealkylation sites (tertiary alicyclic amines) is 1. The number of nitrogens with zero attached hydrogens (tertiary/aromatic N) is 2. The average Bonchev–Trinajstić information content (AvgIpc) is 3.85. The summed E-state index contributed by atoms with van der Waals surface area (Å²) in [6.45, 7) is 9.07. The number of fused-ring (bicyclic) bond motifs is 1. The van der Waals surface area contributed by atoms with Crippen molar-refractivity contribution >= 4 is 29.4 Å². The van der Waals surface area contributed by atoms with Crippen molar-refractivity contribution in [3.8, 4) is 5.75 Å². The summed E-state index contributed by atoms with van der Waals surface area (Å²) in [4.78, 5) is 60.4. The first-order chi connectivity index (χ1) is 26.2. The van der Waals surface area contributed by atoms with Gasteiger partial charge in [-0.3, -0.25) is 19.2 Å². The Morgan fingerprint density at radius 1 is 1.04 bits per heavy atom. The minimum atomic E-state index is -1.36. The number of amides is 3. The van der Waals surface area contributed by atoms with Crippen LogP contribution in [0.1, 0.15) is 49.8 Å². The third kappa shape index (κ3) is 7.43. The van der Waals surface area contributed by atoms with Crippen molar-refractivity contribution in [2.75, 3.05) is 25.2 Å². The monoisotopic (exact) mass is 735 g/mol. The topological polar surface area (TPSA) is 135 Å². The van der Waals surface area contributed by atoms with Crippen LogP contribution in [0.25, 0.3) is 0 Å². The van der Waals surface area contributed by atoms with E-state index in [0.29, 0.717) is 36.3 Å². The average molecular weight is 736 g/mol. The van der Waals surface area contributed by atoms with Crippen molar-refractivity contribution in [1.82, 2.24) is 10.2 Å². The van der Waals surface area contributed by atoms with Crippen LogP contribution in [0.4, 0.5) is 5.69 Å². The van der Waals surface area contributed by atoms with Gasteiger partial charge in [0.05, 0.1) is 43.7 Å². The van der Waals surface area contributed by atoms with Crippen molar-refractivity contribution < 1.29 is 38.5 Å². The normalized spacial score (nSPS) is 24.2. The lowest BCUT2D eigenvalue weighted by Gasteiger charge is -2.39. The van der Waals surface area contributed by atoms with Crippen molar-refractivity contribution in [2.24, 2.45) is 11.8 Å². The maximum Gasteiger partial charge on any atom is 0.313 e. The predicted octanol–water partition coefficient (Wildman–Crippen LogP) is 4.95. The van der Waals surface area contributed by atoms with E-state index < -0.39 is 72.2 Å². The van der Waals surface area contributed by atoms with Gasteiger partial charge < -0.3 is 34.4 Å². The molecule has 3 aliphatic heterocycles. The first-order valence-electron chi connectivity index (χ1n) is 18.5. The summed E-state index contributed by atoms with van der Waals surface area (Å²) in [5, 5.41) is 13.9. The number of anilines is 1. The Hall–Kier alpha value is -5.26. The lowest BCUT2D eigenvalue weighted by Crippen LogP contribution is -2.59. The molecule has 3 aromatic carbocycles. The number of aliphatic hydroxyl groups is 1. The molecule has 1 spiro atoms. The number of methoxy groups -OCH3 is 1. The first kappa shape index (κ1) is 38.5. The SMILES string of the molecule is C=CCCC(=O)N[C@@H](C)[C@H](OC(=O)[C@@H]1[C@@H]2CC[C@]3(O2)[C@H](C(=O)N(CC=C)c2ccc(OC)cc2)N([C@@H](CO)Cc2ccccc2)C(=O)[C@@H]13)c1ccccc1. The number of esters is 1. The Bertz CT molecular complexity index is 1820. The third-order valence-corrected chi connectivity index (χ3v) is 10.9. The molecule has 0 radical (unpaired) electrons. The summed E-state index contributed by atoms with van der Waals surface area (Å²) in [5.74, 6) is -3.15. The van der Waals surface area contributed by atoms with E-state index in [2.05, 4.69) is 18.5 Å². The van der Waals surface area contributed by atoms with Crippen LogP contribution in [0.2, 0.25) is 0 Å². The molecule has 284 valence electrons. The van der Waals surface area contributed by atoms with Gasteiger partial charge in [-0.15, -0.1) is 13.2 Å². The first-order valence-corrected chi connectivity index (χ1v) is 18.5. The molecule has 3 heterocycles. The highest BCUT2D eigenvalue weighted by Gasteiger charge is 2.75. The number of allylic oxidation sites excluding steroid dienone is 1. The van der Waals surface area contributed by atoms with E-state index in [4.69, 9.17) is 14.2 Å². The van der Waals surface area contributed by atoms with Gasteiger partial charge in [0, 0.05) is 18.7 Å². The number of benzene rings is 3. The second kappa shape index (κ2) is 16.8. The van der Waals surface area contributed by atoms with E-state index >= 15 is 4.79 Å². The summed E-state index contributed by atoms with van der Waals surface area (Å²) in [6, 6.07) is 23.1. The predicted molar refractivity (Wildman–Crippen MR) is 203 cm³/mol. The molecule has 3 fully saturated rings. The number of aliphatic hydroxyl groups excluding tert-OH is 1. The van der Waals surface area contributed by atoms with Crippen LogP contribution in [0.3, 0.4) is 0 Å². The van der Waals surface area contributed by atoms with Gasteiger partial charge in [-0.05, 0) is 68.0 Å². The lowest BCUT2D eigenvalue weighted by atomic mass is 9.70. The number of nitrogens with one attached hydrogen (secondary N) is 1. The Balaban J connectivity index is 1.37.